The first kappa shape index (κ1) is 14.8. The smallest absolute Gasteiger partial charge is 0.337 e. The van der Waals surface area contributed by atoms with Crippen molar-refractivity contribution in [3.63, 3.8) is 0 Å². The number of alkyl halides is 2. The minimum absolute atomic E-state index is 0.0774. The molecule has 1 aliphatic rings. The van der Waals surface area contributed by atoms with Crippen molar-refractivity contribution in [2.75, 3.05) is 6.54 Å². The van der Waals surface area contributed by atoms with Gasteiger partial charge in [-0.15, -0.1) is 0 Å². The molecule has 104 valence electrons. The summed E-state index contributed by atoms with van der Waals surface area (Å²) in [4.78, 5) is 22.2. The summed E-state index contributed by atoms with van der Waals surface area (Å²) < 4.78 is 25.7. The van der Waals surface area contributed by atoms with E-state index >= 15 is 0 Å². The average Bonchev–Trinajstić information content (AvgIpc) is 2.25. The van der Waals surface area contributed by atoms with Gasteiger partial charge in [0.25, 0.3) is 0 Å². The van der Waals surface area contributed by atoms with Gasteiger partial charge in [-0.1, -0.05) is 0 Å². The molecule has 18 heavy (non-hydrogen) atoms. The molecule has 0 radical (unpaired) electrons. The van der Waals surface area contributed by atoms with Crippen molar-refractivity contribution in [3.05, 3.63) is 0 Å². The maximum Gasteiger partial charge on any atom is 0.337 e. The van der Waals surface area contributed by atoms with Crippen molar-refractivity contribution in [1.82, 2.24) is 5.32 Å². The van der Waals surface area contributed by atoms with E-state index in [1.54, 1.807) is 0 Å². The highest BCUT2D eigenvalue weighted by atomic mass is 19.3. The number of aliphatic hydroxyl groups is 1. The van der Waals surface area contributed by atoms with Crippen molar-refractivity contribution in [2.45, 2.75) is 44.1 Å². The molecule has 1 atom stereocenters. The van der Waals surface area contributed by atoms with Gasteiger partial charge in [-0.2, -0.15) is 0 Å². The predicted molar refractivity (Wildman–Crippen MR) is 58.2 cm³/mol. The molecule has 3 N–H and O–H groups in total. The lowest BCUT2D eigenvalue weighted by Gasteiger charge is -2.28. The molecule has 0 aliphatic heterocycles. The van der Waals surface area contributed by atoms with Crippen molar-refractivity contribution < 1.29 is 28.6 Å². The molecular formula is C11H17F2NO4. The number of carbonyl (C=O) groups excluding carboxylic acids is 1. The molecule has 0 aromatic heterocycles. The molecule has 5 nitrogen and oxygen atoms in total. The molecule has 1 saturated carbocycles. The zero-order chi connectivity index (χ0) is 14.0. The quantitative estimate of drug-likeness (QED) is 0.700. The van der Waals surface area contributed by atoms with Crippen LogP contribution in [-0.4, -0.2) is 40.2 Å². The van der Waals surface area contributed by atoms with Crippen LogP contribution in [0.3, 0.4) is 0 Å². The van der Waals surface area contributed by atoms with Crippen molar-refractivity contribution in [3.8, 4) is 0 Å². The number of carboxylic acids is 1. The number of carbonyl (C=O) groups is 2. The van der Waals surface area contributed by atoms with Crippen LogP contribution in [0.25, 0.3) is 0 Å². The van der Waals surface area contributed by atoms with Gasteiger partial charge in [-0.25, -0.2) is 13.6 Å². The fourth-order valence-corrected chi connectivity index (χ4v) is 1.78. The van der Waals surface area contributed by atoms with Crippen LogP contribution in [0.4, 0.5) is 8.78 Å². The predicted octanol–water partition coefficient (Wildman–Crippen LogP) is 0.764. The van der Waals surface area contributed by atoms with Crippen molar-refractivity contribution in [2.24, 2.45) is 5.92 Å². The Hall–Kier alpha value is -1.24. The van der Waals surface area contributed by atoms with Crippen LogP contribution in [-0.2, 0) is 9.59 Å². The second-order valence-corrected chi connectivity index (χ2v) is 4.93. The van der Waals surface area contributed by atoms with Gasteiger partial charge in [0.2, 0.25) is 11.8 Å². The largest absolute Gasteiger partial charge is 0.479 e. The number of aliphatic carboxylic acids is 1. The molecule has 1 aliphatic carbocycles. The first-order valence-corrected chi connectivity index (χ1v) is 5.75. The topological polar surface area (TPSA) is 86.6 Å². The molecule has 7 heteroatoms. The van der Waals surface area contributed by atoms with Gasteiger partial charge in [0, 0.05) is 18.8 Å². The van der Waals surface area contributed by atoms with Gasteiger partial charge >= 0.3 is 5.97 Å². The zero-order valence-corrected chi connectivity index (χ0v) is 10.1. The first-order chi connectivity index (χ1) is 8.14. The minimum Gasteiger partial charge on any atom is -0.479 e. The fourth-order valence-electron chi connectivity index (χ4n) is 1.78. The molecule has 1 fully saturated rings. The molecule has 1 amide bonds. The monoisotopic (exact) mass is 265 g/mol. The SMILES string of the molecule is CC(O)(CNC(=O)C1CCC(F)(F)CC1)C(=O)O. The highest BCUT2D eigenvalue weighted by molar-refractivity contribution is 5.81. The number of amides is 1. The van der Waals surface area contributed by atoms with E-state index in [1.165, 1.54) is 0 Å². The number of hydrogen-bond donors (Lipinski definition) is 3. The van der Waals surface area contributed by atoms with Gasteiger partial charge in [-0.05, 0) is 19.8 Å². The Labute approximate surface area is 103 Å². The summed E-state index contributed by atoms with van der Waals surface area (Å²) in [7, 11) is 0. The van der Waals surface area contributed by atoms with E-state index in [0.29, 0.717) is 0 Å². The maximum absolute atomic E-state index is 12.9. The average molecular weight is 265 g/mol. The molecular weight excluding hydrogens is 248 g/mol. The number of rotatable bonds is 4. The van der Waals surface area contributed by atoms with E-state index in [4.69, 9.17) is 5.11 Å². The van der Waals surface area contributed by atoms with E-state index in [9.17, 15) is 23.5 Å². The molecule has 1 unspecified atom stereocenters. The molecule has 0 heterocycles. The second kappa shape index (κ2) is 5.17. The Morgan fingerprint density at radius 3 is 2.33 bits per heavy atom. The summed E-state index contributed by atoms with van der Waals surface area (Å²) in [6.07, 6.45) is -0.511. The summed E-state index contributed by atoms with van der Waals surface area (Å²) >= 11 is 0. The summed E-state index contributed by atoms with van der Waals surface area (Å²) in [6.45, 7) is 0.624. The van der Waals surface area contributed by atoms with E-state index in [1.807, 2.05) is 0 Å². The Morgan fingerprint density at radius 2 is 1.89 bits per heavy atom. The number of hydrogen-bond acceptors (Lipinski definition) is 3. The molecule has 0 aromatic carbocycles. The third kappa shape index (κ3) is 3.90. The molecule has 1 rings (SSSR count). The van der Waals surface area contributed by atoms with Crippen LogP contribution in [0.15, 0.2) is 0 Å². The van der Waals surface area contributed by atoms with Gasteiger partial charge in [-0.3, -0.25) is 4.79 Å². The molecule has 0 aromatic rings. The number of carboxylic acid groups (broad SMARTS) is 1. The zero-order valence-electron chi connectivity index (χ0n) is 10.1. The lowest BCUT2D eigenvalue weighted by Crippen LogP contribution is -2.48. The maximum atomic E-state index is 12.9. The number of halogens is 2. The summed E-state index contributed by atoms with van der Waals surface area (Å²) in [5.41, 5.74) is -2.05. The van der Waals surface area contributed by atoms with E-state index in [0.717, 1.165) is 6.92 Å². The first-order valence-electron chi connectivity index (χ1n) is 5.75. The second-order valence-electron chi connectivity index (χ2n) is 4.93. The van der Waals surface area contributed by atoms with Crippen LogP contribution in [0, 0.1) is 5.92 Å². The summed E-state index contributed by atoms with van der Waals surface area (Å²) in [6, 6.07) is 0. The lowest BCUT2D eigenvalue weighted by atomic mass is 9.86. The van der Waals surface area contributed by atoms with Crippen LogP contribution in [0.2, 0.25) is 0 Å². The Bertz CT molecular complexity index is 334. The molecule has 0 saturated heterocycles. The fraction of sp³-hybridized carbons (Fsp3) is 0.818. The van der Waals surface area contributed by atoms with Gasteiger partial charge in [0.1, 0.15) is 0 Å². The van der Waals surface area contributed by atoms with Crippen LogP contribution in [0.1, 0.15) is 32.6 Å². The van der Waals surface area contributed by atoms with E-state index in [-0.39, 0.29) is 25.7 Å². The highest BCUT2D eigenvalue weighted by Crippen LogP contribution is 2.36. The van der Waals surface area contributed by atoms with Crippen molar-refractivity contribution >= 4 is 11.9 Å². The Morgan fingerprint density at radius 1 is 1.39 bits per heavy atom. The normalized spacial score (nSPS) is 23.1. The van der Waals surface area contributed by atoms with Crippen LogP contribution < -0.4 is 5.32 Å². The molecule has 0 bridgehead atoms. The van der Waals surface area contributed by atoms with Crippen molar-refractivity contribution in [1.29, 1.82) is 0 Å². The van der Waals surface area contributed by atoms with Gasteiger partial charge < -0.3 is 15.5 Å². The third-order valence-electron chi connectivity index (χ3n) is 3.16. The standard InChI is InChI=1S/C11H17F2NO4/c1-10(18,9(16)17)6-14-8(15)7-2-4-11(12,13)5-3-7/h7,18H,2-6H2,1H3,(H,14,15)(H,16,17). The Kier molecular flexibility index (Phi) is 4.26. The number of nitrogens with one attached hydrogen (secondary N) is 1. The van der Waals surface area contributed by atoms with Crippen LogP contribution >= 0.6 is 0 Å². The van der Waals surface area contributed by atoms with Gasteiger partial charge in [0.15, 0.2) is 5.60 Å². The summed E-state index contributed by atoms with van der Waals surface area (Å²) in [5.74, 6) is -5.16. The Balaban J connectivity index is 2.41. The van der Waals surface area contributed by atoms with Gasteiger partial charge in [0.05, 0.1) is 6.54 Å². The molecule has 0 spiro atoms. The van der Waals surface area contributed by atoms with Crippen LogP contribution in [0.5, 0.6) is 0 Å². The highest BCUT2D eigenvalue weighted by Gasteiger charge is 2.38. The van der Waals surface area contributed by atoms with E-state index in [2.05, 4.69) is 5.32 Å². The minimum atomic E-state index is -2.71. The third-order valence-corrected chi connectivity index (χ3v) is 3.16. The van der Waals surface area contributed by atoms with E-state index < -0.39 is 35.9 Å². The summed E-state index contributed by atoms with van der Waals surface area (Å²) in [5, 5.41) is 20.3. The lowest BCUT2D eigenvalue weighted by molar-refractivity contribution is -0.156.